The van der Waals surface area contributed by atoms with Gasteiger partial charge in [0.15, 0.2) is 0 Å². The lowest BCUT2D eigenvalue weighted by Gasteiger charge is -2.09. The van der Waals surface area contributed by atoms with Gasteiger partial charge >= 0.3 is 11.8 Å². The molecule has 2 rings (SSSR count). The lowest BCUT2D eigenvalue weighted by molar-refractivity contribution is -0.139. The molecule has 0 spiro atoms. The number of amides is 2. The van der Waals surface area contributed by atoms with Gasteiger partial charge in [0.05, 0.1) is 17.3 Å². The lowest BCUT2D eigenvalue weighted by Crippen LogP contribution is -2.41. The van der Waals surface area contributed by atoms with Crippen molar-refractivity contribution in [1.29, 1.82) is 0 Å². The van der Waals surface area contributed by atoms with Gasteiger partial charge in [0.1, 0.15) is 5.75 Å². The van der Waals surface area contributed by atoms with Crippen molar-refractivity contribution in [2.24, 2.45) is 5.10 Å². The maximum Gasteiger partial charge on any atom is 0.329 e. The molecule has 1 unspecified atom stereocenters. The Morgan fingerprint density at radius 3 is 2.95 bits per heavy atom. The highest BCUT2D eigenvalue weighted by Gasteiger charge is 2.18. The first kappa shape index (κ1) is 16.3. The Balaban J connectivity index is 1.77. The number of hydrazone groups is 1. The van der Waals surface area contributed by atoms with Gasteiger partial charge in [-0.25, -0.2) is 5.43 Å². The van der Waals surface area contributed by atoms with E-state index < -0.39 is 11.8 Å². The van der Waals surface area contributed by atoms with Gasteiger partial charge in [0.25, 0.3) is 0 Å². The van der Waals surface area contributed by atoms with Crippen LogP contribution in [0.2, 0.25) is 5.02 Å². The fourth-order valence-corrected chi connectivity index (χ4v) is 2.10. The van der Waals surface area contributed by atoms with Crippen LogP contribution >= 0.6 is 11.6 Å². The second-order valence-electron chi connectivity index (χ2n) is 4.76. The summed E-state index contributed by atoms with van der Waals surface area (Å²) in [6.45, 7) is 0.996. The second-order valence-corrected chi connectivity index (χ2v) is 5.16. The number of hydrogen-bond donors (Lipinski definition) is 3. The van der Waals surface area contributed by atoms with Gasteiger partial charge in [-0.15, -0.1) is 0 Å². The number of nitrogens with one attached hydrogen (secondary N) is 2. The molecule has 1 fully saturated rings. The van der Waals surface area contributed by atoms with Gasteiger partial charge in [-0.05, 0) is 36.6 Å². The molecule has 1 atom stereocenters. The van der Waals surface area contributed by atoms with E-state index >= 15 is 0 Å². The molecule has 8 heteroatoms. The summed E-state index contributed by atoms with van der Waals surface area (Å²) in [5.41, 5.74) is 2.68. The van der Waals surface area contributed by atoms with Gasteiger partial charge in [-0.3, -0.25) is 9.59 Å². The van der Waals surface area contributed by atoms with Gasteiger partial charge in [0, 0.05) is 13.2 Å². The standard InChI is InChI=1S/C14H16ClN3O4/c15-11-6-9(3-4-12(11)19)7-17-18-14(21)13(20)16-8-10-2-1-5-22-10/h3-4,6-7,10,19H,1-2,5,8H2,(H,16,20)(H,18,21). The van der Waals surface area contributed by atoms with Crippen molar-refractivity contribution in [2.75, 3.05) is 13.2 Å². The van der Waals surface area contributed by atoms with E-state index in [4.69, 9.17) is 16.3 Å². The fraction of sp³-hybridized carbons (Fsp3) is 0.357. The molecular weight excluding hydrogens is 310 g/mol. The molecule has 0 saturated carbocycles. The summed E-state index contributed by atoms with van der Waals surface area (Å²) < 4.78 is 5.33. The number of hydrogen-bond acceptors (Lipinski definition) is 5. The normalized spacial score (nSPS) is 17.6. The van der Waals surface area contributed by atoms with Crippen molar-refractivity contribution < 1.29 is 19.4 Å². The molecular formula is C14H16ClN3O4. The number of rotatable bonds is 4. The van der Waals surface area contributed by atoms with E-state index in [0.29, 0.717) is 18.7 Å². The number of ether oxygens (including phenoxy) is 1. The van der Waals surface area contributed by atoms with Crippen molar-refractivity contribution in [2.45, 2.75) is 18.9 Å². The largest absolute Gasteiger partial charge is 0.506 e. The van der Waals surface area contributed by atoms with E-state index in [0.717, 1.165) is 12.8 Å². The minimum Gasteiger partial charge on any atom is -0.506 e. The van der Waals surface area contributed by atoms with Crippen molar-refractivity contribution in [1.82, 2.24) is 10.7 Å². The third-order valence-corrected chi connectivity index (χ3v) is 3.37. The van der Waals surface area contributed by atoms with Crippen molar-refractivity contribution >= 4 is 29.6 Å². The van der Waals surface area contributed by atoms with Gasteiger partial charge in [-0.2, -0.15) is 5.10 Å². The summed E-state index contributed by atoms with van der Waals surface area (Å²) in [7, 11) is 0. The van der Waals surface area contributed by atoms with Crippen LogP contribution in [0, 0.1) is 0 Å². The monoisotopic (exact) mass is 325 g/mol. The minimum atomic E-state index is -0.862. The maximum absolute atomic E-state index is 11.5. The van der Waals surface area contributed by atoms with Crippen LogP contribution in [0.3, 0.4) is 0 Å². The Morgan fingerprint density at radius 2 is 2.27 bits per heavy atom. The van der Waals surface area contributed by atoms with E-state index in [1.807, 2.05) is 0 Å². The van der Waals surface area contributed by atoms with E-state index in [-0.39, 0.29) is 16.9 Å². The Kier molecular flexibility index (Phi) is 5.74. The highest BCUT2D eigenvalue weighted by Crippen LogP contribution is 2.22. The molecule has 0 aromatic heterocycles. The predicted octanol–water partition coefficient (Wildman–Crippen LogP) is 0.791. The van der Waals surface area contributed by atoms with E-state index in [2.05, 4.69) is 15.8 Å². The second kappa shape index (κ2) is 7.77. The molecule has 1 heterocycles. The quantitative estimate of drug-likeness (QED) is 0.433. The third kappa shape index (κ3) is 4.71. The Morgan fingerprint density at radius 1 is 1.45 bits per heavy atom. The van der Waals surface area contributed by atoms with Crippen molar-refractivity contribution in [3.05, 3.63) is 28.8 Å². The number of carbonyl (C=O) groups excluding carboxylic acids is 2. The topological polar surface area (TPSA) is 100 Å². The van der Waals surface area contributed by atoms with Gasteiger partial charge in [-0.1, -0.05) is 11.6 Å². The zero-order valence-corrected chi connectivity index (χ0v) is 12.5. The van der Waals surface area contributed by atoms with E-state index in [9.17, 15) is 14.7 Å². The molecule has 1 aromatic carbocycles. The molecule has 118 valence electrons. The zero-order valence-electron chi connectivity index (χ0n) is 11.7. The summed E-state index contributed by atoms with van der Waals surface area (Å²) in [6.07, 6.45) is 3.13. The molecule has 22 heavy (non-hydrogen) atoms. The molecule has 1 aromatic rings. The molecule has 0 radical (unpaired) electrons. The summed E-state index contributed by atoms with van der Waals surface area (Å²) in [6, 6.07) is 4.44. The Hall–Kier alpha value is -2.12. The first-order chi connectivity index (χ1) is 10.6. The SMILES string of the molecule is O=C(NCC1CCCO1)C(=O)NN=Cc1ccc(O)c(Cl)c1. The molecule has 7 nitrogen and oxygen atoms in total. The fourth-order valence-electron chi connectivity index (χ4n) is 1.91. The molecule has 1 saturated heterocycles. The third-order valence-electron chi connectivity index (χ3n) is 3.07. The van der Waals surface area contributed by atoms with E-state index in [1.165, 1.54) is 18.3 Å². The van der Waals surface area contributed by atoms with Gasteiger partial charge < -0.3 is 15.2 Å². The maximum atomic E-state index is 11.5. The zero-order chi connectivity index (χ0) is 15.9. The molecule has 3 N–H and O–H groups in total. The first-order valence-electron chi connectivity index (χ1n) is 6.77. The van der Waals surface area contributed by atoms with E-state index in [1.54, 1.807) is 6.07 Å². The number of carbonyl (C=O) groups is 2. The summed E-state index contributed by atoms with van der Waals surface area (Å²) >= 11 is 5.73. The van der Waals surface area contributed by atoms with Crippen LogP contribution in [0.5, 0.6) is 5.75 Å². The average Bonchev–Trinajstić information content (AvgIpc) is 3.01. The highest BCUT2D eigenvalue weighted by molar-refractivity contribution is 6.35. The smallest absolute Gasteiger partial charge is 0.329 e. The summed E-state index contributed by atoms with van der Waals surface area (Å²) in [4.78, 5) is 23.0. The number of benzene rings is 1. The lowest BCUT2D eigenvalue weighted by atomic mass is 10.2. The average molecular weight is 326 g/mol. The van der Waals surface area contributed by atoms with Crippen LogP contribution in [0.4, 0.5) is 0 Å². The van der Waals surface area contributed by atoms with Crippen LogP contribution in [0.15, 0.2) is 23.3 Å². The summed E-state index contributed by atoms with van der Waals surface area (Å²) in [5.74, 6) is -1.67. The predicted molar refractivity (Wildman–Crippen MR) is 80.8 cm³/mol. The van der Waals surface area contributed by atoms with Gasteiger partial charge in [0.2, 0.25) is 0 Å². The number of halogens is 1. The number of aromatic hydroxyl groups is 1. The highest BCUT2D eigenvalue weighted by atomic mass is 35.5. The number of phenols is 1. The molecule has 0 aliphatic carbocycles. The number of phenolic OH excluding ortho intramolecular Hbond substituents is 1. The molecule has 0 bridgehead atoms. The first-order valence-corrected chi connectivity index (χ1v) is 7.15. The minimum absolute atomic E-state index is 0.0283. The summed E-state index contributed by atoms with van der Waals surface area (Å²) in [5, 5.41) is 15.6. The van der Waals surface area contributed by atoms with Crippen LogP contribution in [-0.4, -0.2) is 42.4 Å². The molecule has 2 amide bonds. The van der Waals surface area contributed by atoms with Crippen molar-refractivity contribution in [3.8, 4) is 5.75 Å². The molecule has 1 aliphatic rings. The van der Waals surface area contributed by atoms with Crippen LogP contribution in [0.25, 0.3) is 0 Å². The Labute approximate surface area is 132 Å². The molecule has 1 aliphatic heterocycles. The Bertz CT molecular complexity index is 585. The van der Waals surface area contributed by atoms with Crippen LogP contribution < -0.4 is 10.7 Å². The number of nitrogens with zero attached hydrogens (tertiary/aromatic N) is 1. The van der Waals surface area contributed by atoms with Crippen molar-refractivity contribution in [3.63, 3.8) is 0 Å². The van der Waals surface area contributed by atoms with Crippen LogP contribution in [0.1, 0.15) is 18.4 Å². The van der Waals surface area contributed by atoms with Crippen LogP contribution in [-0.2, 0) is 14.3 Å².